The SMILES string of the molecule is CC(CN)CCc1ncno1. The topological polar surface area (TPSA) is 64.9 Å². The van der Waals surface area contributed by atoms with E-state index in [2.05, 4.69) is 17.1 Å². The summed E-state index contributed by atoms with van der Waals surface area (Å²) in [5, 5.41) is 3.51. The highest BCUT2D eigenvalue weighted by atomic mass is 16.5. The molecule has 1 aromatic heterocycles. The summed E-state index contributed by atoms with van der Waals surface area (Å²) >= 11 is 0. The van der Waals surface area contributed by atoms with Gasteiger partial charge in [0.25, 0.3) is 0 Å². The number of nitrogens with two attached hydrogens (primary N) is 1. The Hall–Kier alpha value is -0.900. The molecule has 0 saturated heterocycles. The molecule has 0 bridgehead atoms. The van der Waals surface area contributed by atoms with E-state index in [1.54, 1.807) is 0 Å². The van der Waals surface area contributed by atoms with Crippen molar-refractivity contribution in [2.45, 2.75) is 19.8 Å². The minimum absolute atomic E-state index is 0.530. The van der Waals surface area contributed by atoms with E-state index >= 15 is 0 Å². The molecule has 0 aliphatic rings. The third kappa shape index (κ3) is 2.67. The third-order valence-electron chi connectivity index (χ3n) is 1.66. The van der Waals surface area contributed by atoms with Gasteiger partial charge < -0.3 is 10.3 Å². The molecule has 11 heavy (non-hydrogen) atoms. The van der Waals surface area contributed by atoms with Crippen molar-refractivity contribution < 1.29 is 4.52 Å². The second kappa shape index (κ2) is 4.08. The molecular formula is C7H13N3O. The van der Waals surface area contributed by atoms with Gasteiger partial charge in [-0.05, 0) is 18.9 Å². The molecule has 4 heteroatoms. The summed E-state index contributed by atoms with van der Waals surface area (Å²) < 4.78 is 4.83. The Labute approximate surface area is 65.8 Å². The smallest absolute Gasteiger partial charge is 0.226 e. The fourth-order valence-corrected chi connectivity index (χ4v) is 0.794. The maximum absolute atomic E-state index is 5.44. The van der Waals surface area contributed by atoms with E-state index in [9.17, 15) is 0 Å². The van der Waals surface area contributed by atoms with Gasteiger partial charge >= 0.3 is 0 Å². The van der Waals surface area contributed by atoms with Gasteiger partial charge in [-0.2, -0.15) is 4.98 Å². The first-order valence-electron chi connectivity index (χ1n) is 3.78. The Balaban J connectivity index is 2.23. The van der Waals surface area contributed by atoms with Crippen molar-refractivity contribution in [1.82, 2.24) is 10.1 Å². The van der Waals surface area contributed by atoms with Crippen molar-refractivity contribution in [2.75, 3.05) is 6.54 Å². The average molecular weight is 155 g/mol. The van der Waals surface area contributed by atoms with Gasteiger partial charge in [-0.3, -0.25) is 0 Å². The summed E-state index contributed by atoms with van der Waals surface area (Å²) in [6, 6.07) is 0. The van der Waals surface area contributed by atoms with Gasteiger partial charge in [0, 0.05) is 6.42 Å². The van der Waals surface area contributed by atoms with Crippen LogP contribution in [0.1, 0.15) is 19.2 Å². The molecule has 2 N–H and O–H groups in total. The molecule has 0 radical (unpaired) electrons. The predicted molar refractivity (Wildman–Crippen MR) is 40.8 cm³/mol. The molecule has 0 fully saturated rings. The lowest BCUT2D eigenvalue weighted by molar-refractivity contribution is 0.365. The second-order valence-electron chi connectivity index (χ2n) is 2.71. The van der Waals surface area contributed by atoms with Gasteiger partial charge in [0.05, 0.1) is 0 Å². The fraction of sp³-hybridized carbons (Fsp3) is 0.714. The Morgan fingerprint density at radius 2 is 2.55 bits per heavy atom. The number of hydrogen-bond acceptors (Lipinski definition) is 4. The van der Waals surface area contributed by atoms with E-state index in [0.717, 1.165) is 12.8 Å². The van der Waals surface area contributed by atoms with E-state index < -0.39 is 0 Å². The molecule has 1 atom stereocenters. The van der Waals surface area contributed by atoms with E-state index in [1.165, 1.54) is 6.33 Å². The predicted octanol–water partition coefficient (Wildman–Crippen LogP) is 0.597. The first kappa shape index (κ1) is 8.20. The Bertz CT molecular complexity index is 186. The van der Waals surface area contributed by atoms with Crippen LogP contribution in [-0.4, -0.2) is 16.7 Å². The van der Waals surface area contributed by atoms with Gasteiger partial charge in [-0.1, -0.05) is 12.1 Å². The van der Waals surface area contributed by atoms with E-state index in [-0.39, 0.29) is 0 Å². The van der Waals surface area contributed by atoms with Crippen LogP contribution in [-0.2, 0) is 6.42 Å². The van der Waals surface area contributed by atoms with Crippen molar-refractivity contribution in [2.24, 2.45) is 11.7 Å². The van der Waals surface area contributed by atoms with Gasteiger partial charge in [0.1, 0.15) is 0 Å². The standard InChI is InChI=1S/C7H13N3O/c1-6(4-8)2-3-7-9-5-10-11-7/h5-6H,2-4,8H2,1H3. The van der Waals surface area contributed by atoms with Crippen LogP contribution in [0.5, 0.6) is 0 Å². The van der Waals surface area contributed by atoms with Crippen LogP contribution in [0, 0.1) is 5.92 Å². The molecule has 4 nitrogen and oxygen atoms in total. The lowest BCUT2D eigenvalue weighted by Crippen LogP contribution is -2.11. The Morgan fingerprint density at radius 1 is 1.73 bits per heavy atom. The number of hydrogen-bond donors (Lipinski definition) is 1. The summed E-state index contributed by atoms with van der Waals surface area (Å²) in [7, 11) is 0. The quantitative estimate of drug-likeness (QED) is 0.691. The Morgan fingerprint density at radius 3 is 3.09 bits per heavy atom. The van der Waals surface area contributed by atoms with Crippen LogP contribution in [0.25, 0.3) is 0 Å². The largest absolute Gasteiger partial charge is 0.340 e. The van der Waals surface area contributed by atoms with Crippen molar-refractivity contribution in [1.29, 1.82) is 0 Å². The van der Waals surface area contributed by atoms with Crippen LogP contribution in [0.15, 0.2) is 10.9 Å². The first-order chi connectivity index (χ1) is 5.33. The minimum atomic E-state index is 0.530. The monoisotopic (exact) mass is 155 g/mol. The van der Waals surface area contributed by atoms with Gasteiger partial charge in [0.15, 0.2) is 6.33 Å². The second-order valence-corrected chi connectivity index (χ2v) is 2.71. The molecule has 0 aromatic carbocycles. The van der Waals surface area contributed by atoms with Gasteiger partial charge in [0.2, 0.25) is 5.89 Å². The first-order valence-corrected chi connectivity index (χ1v) is 3.78. The van der Waals surface area contributed by atoms with Gasteiger partial charge in [-0.15, -0.1) is 0 Å². The van der Waals surface area contributed by atoms with E-state index in [4.69, 9.17) is 10.3 Å². The summed E-state index contributed by atoms with van der Waals surface area (Å²) in [6.45, 7) is 2.82. The summed E-state index contributed by atoms with van der Waals surface area (Å²) in [6.07, 6.45) is 3.26. The maximum atomic E-state index is 5.44. The molecule has 0 aliphatic heterocycles. The number of aromatic nitrogens is 2. The van der Waals surface area contributed by atoms with E-state index in [0.29, 0.717) is 18.4 Å². The van der Waals surface area contributed by atoms with Crippen molar-refractivity contribution >= 4 is 0 Å². The molecule has 1 rings (SSSR count). The molecule has 0 amide bonds. The zero-order valence-electron chi connectivity index (χ0n) is 6.66. The lowest BCUT2D eigenvalue weighted by Gasteiger charge is -2.03. The molecule has 0 aliphatic carbocycles. The number of aryl methyl sites for hydroxylation is 1. The number of nitrogens with zero attached hydrogens (tertiary/aromatic N) is 2. The lowest BCUT2D eigenvalue weighted by atomic mass is 10.1. The van der Waals surface area contributed by atoms with Crippen LogP contribution in [0.4, 0.5) is 0 Å². The van der Waals surface area contributed by atoms with Crippen LogP contribution in [0.3, 0.4) is 0 Å². The van der Waals surface area contributed by atoms with Crippen molar-refractivity contribution in [3.63, 3.8) is 0 Å². The van der Waals surface area contributed by atoms with Crippen LogP contribution >= 0.6 is 0 Å². The normalized spacial score (nSPS) is 13.3. The molecular weight excluding hydrogens is 142 g/mol. The maximum Gasteiger partial charge on any atom is 0.226 e. The summed E-state index contributed by atoms with van der Waals surface area (Å²) in [4.78, 5) is 3.90. The highest BCUT2D eigenvalue weighted by Gasteiger charge is 2.02. The van der Waals surface area contributed by atoms with Crippen LogP contribution in [0.2, 0.25) is 0 Å². The molecule has 0 saturated carbocycles. The Kier molecular flexibility index (Phi) is 3.04. The summed E-state index contributed by atoms with van der Waals surface area (Å²) in [5.74, 6) is 1.23. The zero-order valence-corrected chi connectivity index (χ0v) is 6.66. The average Bonchev–Trinajstić information content (AvgIpc) is 2.52. The van der Waals surface area contributed by atoms with E-state index in [1.807, 2.05) is 0 Å². The van der Waals surface area contributed by atoms with Crippen LogP contribution < -0.4 is 5.73 Å². The molecule has 1 unspecified atom stereocenters. The highest BCUT2D eigenvalue weighted by molar-refractivity contribution is 4.74. The zero-order chi connectivity index (χ0) is 8.10. The van der Waals surface area contributed by atoms with Crippen molar-refractivity contribution in [3.05, 3.63) is 12.2 Å². The fourth-order valence-electron chi connectivity index (χ4n) is 0.794. The summed E-state index contributed by atoms with van der Waals surface area (Å²) in [5.41, 5.74) is 5.44. The molecule has 1 heterocycles. The van der Waals surface area contributed by atoms with Gasteiger partial charge in [-0.25, -0.2) is 0 Å². The van der Waals surface area contributed by atoms with Crippen molar-refractivity contribution in [3.8, 4) is 0 Å². The minimum Gasteiger partial charge on any atom is -0.340 e. The molecule has 0 spiro atoms. The number of rotatable bonds is 4. The molecule has 1 aromatic rings. The molecule has 62 valence electrons. The third-order valence-corrected chi connectivity index (χ3v) is 1.66. The highest BCUT2D eigenvalue weighted by Crippen LogP contribution is 2.04.